The van der Waals surface area contributed by atoms with E-state index in [4.69, 9.17) is 5.11 Å². The SMILES string of the molecule is O=Cc1ccc(-c2ccc(C(=O)O)c(F)c2)cc1. The summed E-state index contributed by atoms with van der Waals surface area (Å²) in [6, 6.07) is 10.5. The zero-order valence-electron chi connectivity index (χ0n) is 9.26. The van der Waals surface area contributed by atoms with E-state index in [-0.39, 0.29) is 5.56 Å². The number of carboxylic acid groups (broad SMARTS) is 1. The third-order valence-electron chi connectivity index (χ3n) is 2.58. The fraction of sp³-hybridized carbons (Fsp3) is 0. The molecule has 2 aromatic rings. The van der Waals surface area contributed by atoms with Crippen molar-refractivity contribution in [2.24, 2.45) is 0 Å². The molecule has 0 unspecified atom stereocenters. The molecule has 0 aliphatic heterocycles. The van der Waals surface area contributed by atoms with E-state index in [0.717, 1.165) is 11.8 Å². The molecular formula is C14H9FO3. The number of carbonyl (C=O) groups is 2. The number of aldehydes is 1. The van der Waals surface area contributed by atoms with Gasteiger partial charge in [-0.25, -0.2) is 9.18 Å². The van der Waals surface area contributed by atoms with Gasteiger partial charge in [0.1, 0.15) is 12.1 Å². The minimum Gasteiger partial charge on any atom is -0.478 e. The van der Waals surface area contributed by atoms with Gasteiger partial charge in [-0.15, -0.1) is 0 Å². The van der Waals surface area contributed by atoms with Crippen molar-refractivity contribution in [3.8, 4) is 11.1 Å². The van der Waals surface area contributed by atoms with Crippen molar-refractivity contribution in [1.29, 1.82) is 0 Å². The standard InChI is InChI=1S/C14H9FO3/c15-13-7-11(5-6-12(13)14(17)18)10-3-1-9(8-16)2-4-10/h1-8H,(H,17,18). The highest BCUT2D eigenvalue weighted by atomic mass is 19.1. The summed E-state index contributed by atoms with van der Waals surface area (Å²) in [7, 11) is 0. The van der Waals surface area contributed by atoms with Gasteiger partial charge in [0.25, 0.3) is 0 Å². The molecule has 3 nitrogen and oxygen atoms in total. The molecule has 1 N–H and O–H groups in total. The van der Waals surface area contributed by atoms with Crippen molar-refractivity contribution in [1.82, 2.24) is 0 Å². The van der Waals surface area contributed by atoms with E-state index in [1.165, 1.54) is 18.2 Å². The van der Waals surface area contributed by atoms with Gasteiger partial charge >= 0.3 is 5.97 Å². The first-order chi connectivity index (χ1) is 8.61. The number of carboxylic acids is 1. The van der Waals surface area contributed by atoms with Gasteiger partial charge in [0.05, 0.1) is 5.56 Å². The van der Waals surface area contributed by atoms with Crippen molar-refractivity contribution in [2.75, 3.05) is 0 Å². The van der Waals surface area contributed by atoms with Gasteiger partial charge < -0.3 is 5.11 Å². The molecule has 2 rings (SSSR count). The zero-order valence-corrected chi connectivity index (χ0v) is 9.26. The van der Waals surface area contributed by atoms with Crippen LogP contribution < -0.4 is 0 Å². The molecule has 0 saturated heterocycles. The van der Waals surface area contributed by atoms with E-state index in [2.05, 4.69) is 0 Å². The maximum absolute atomic E-state index is 13.5. The highest BCUT2D eigenvalue weighted by Gasteiger charge is 2.10. The summed E-state index contributed by atoms with van der Waals surface area (Å²) >= 11 is 0. The third-order valence-corrected chi connectivity index (χ3v) is 2.58. The highest BCUT2D eigenvalue weighted by molar-refractivity contribution is 5.88. The lowest BCUT2D eigenvalue weighted by atomic mass is 10.0. The molecule has 18 heavy (non-hydrogen) atoms. The average Bonchev–Trinajstić information content (AvgIpc) is 2.38. The molecular weight excluding hydrogens is 235 g/mol. The Morgan fingerprint density at radius 1 is 1.06 bits per heavy atom. The van der Waals surface area contributed by atoms with Crippen LogP contribution in [0.3, 0.4) is 0 Å². The normalized spacial score (nSPS) is 10.1. The molecule has 2 aromatic carbocycles. The quantitative estimate of drug-likeness (QED) is 0.844. The number of aromatic carboxylic acids is 1. The second-order valence-corrected chi connectivity index (χ2v) is 3.74. The van der Waals surface area contributed by atoms with E-state index in [0.29, 0.717) is 11.1 Å². The monoisotopic (exact) mass is 244 g/mol. The first-order valence-corrected chi connectivity index (χ1v) is 5.20. The molecule has 0 saturated carbocycles. The Morgan fingerprint density at radius 3 is 2.17 bits per heavy atom. The fourth-order valence-corrected chi connectivity index (χ4v) is 1.62. The predicted molar refractivity (Wildman–Crippen MR) is 64.2 cm³/mol. The van der Waals surface area contributed by atoms with Crippen molar-refractivity contribution in [3.63, 3.8) is 0 Å². The first kappa shape index (κ1) is 12.0. The van der Waals surface area contributed by atoms with Crippen LogP contribution >= 0.6 is 0 Å². The van der Waals surface area contributed by atoms with Crippen molar-refractivity contribution in [3.05, 3.63) is 59.4 Å². The Morgan fingerprint density at radius 2 is 1.67 bits per heavy atom. The molecule has 0 radical (unpaired) electrons. The van der Waals surface area contributed by atoms with Crippen LogP contribution in [-0.2, 0) is 0 Å². The van der Waals surface area contributed by atoms with Gasteiger partial charge in [-0.2, -0.15) is 0 Å². The second-order valence-electron chi connectivity index (χ2n) is 3.74. The van der Waals surface area contributed by atoms with Crippen LogP contribution in [0.1, 0.15) is 20.7 Å². The molecule has 4 heteroatoms. The molecule has 0 amide bonds. The van der Waals surface area contributed by atoms with Crippen LogP contribution in [0.15, 0.2) is 42.5 Å². The maximum atomic E-state index is 13.5. The van der Waals surface area contributed by atoms with E-state index < -0.39 is 11.8 Å². The molecule has 0 aliphatic carbocycles. The predicted octanol–water partition coefficient (Wildman–Crippen LogP) is 3.00. The lowest BCUT2D eigenvalue weighted by Crippen LogP contribution is -2.00. The van der Waals surface area contributed by atoms with Gasteiger partial charge in [0.15, 0.2) is 0 Å². The van der Waals surface area contributed by atoms with Crippen LogP contribution in [-0.4, -0.2) is 17.4 Å². The van der Waals surface area contributed by atoms with E-state index in [1.54, 1.807) is 24.3 Å². The van der Waals surface area contributed by atoms with Crippen molar-refractivity contribution >= 4 is 12.3 Å². The van der Waals surface area contributed by atoms with Gasteiger partial charge in [0, 0.05) is 5.56 Å². The minimum atomic E-state index is -1.30. The van der Waals surface area contributed by atoms with Crippen LogP contribution in [0, 0.1) is 5.82 Å². The van der Waals surface area contributed by atoms with Crippen molar-refractivity contribution < 1.29 is 19.1 Å². The number of halogens is 1. The number of benzene rings is 2. The van der Waals surface area contributed by atoms with Crippen molar-refractivity contribution in [2.45, 2.75) is 0 Å². The average molecular weight is 244 g/mol. The summed E-state index contributed by atoms with van der Waals surface area (Å²) in [4.78, 5) is 21.2. The second kappa shape index (κ2) is 4.79. The van der Waals surface area contributed by atoms with E-state index in [9.17, 15) is 14.0 Å². The largest absolute Gasteiger partial charge is 0.478 e. The maximum Gasteiger partial charge on any atom is 0.338 e. The zero-order chi connectivity index (χ0) is 13.1. The number of hydrogen-bond acceptors (Lipinski definition) is 2. The van der Waals surface area contributed by atoms with Gasteiger partial charge in [-0.3, -0.25) is 4.79 Å². The molecule has 0 spiro atoms. The fourth-order valence-electron chi connectivity index (χ4n) is 1.62. The molecule has 90 valence electrons. The molecule has 0 aliphatic rings. The molecule has 0 aromatic heterocycles. The van der Waals surface area contributed by atoms with Gasteiger partial charge in [-0.05, 0) is 23.3 Å². The topological polar surface area (TPSA) is 54.4 Å². The van der Waals surface area contributed by atoms with E-state index in [1.807, 2.05) is 0 Å². The lowest BCUT2D eigenvalue weighted by Gasteiger charge is -2.04. The summed E-state index contributed by atoms with van der Waals surface area (Å²) in [6.45, 7) is 0. The summed E-state index contributed by atoms with van der Waals surface area (Å²) in [6.07, 6.45) is 0.720. The Kier molecular flexibility index (Phi) is 3.19. The van der Waals surface area contributed by atoms with Gasteiger partial charge in [0.2, 0.25) is 0 Å². The van der Waals surface area contributed by atoms with Crippen LogP contribution in [0.2, 0.25) is 0 Å². The first-order valence-electron chi connectivity index (χ1n) is 5.20. The lowest BCUT2D eigenvalue weighted by molar-refractivity contribution is 0.0691. The number of hydrogen-bond donors (Lipinski definition) is 1. The van der Waals surface area contributed by atoms with Crippen LogP contribution in [0.25, 0.3) is 11.1 Å². The molecule has 0 bridgehead atoms. The summed E-state index contributed by atoms with van der Waals surface area (Å²) < 4.78 is 13.5. The molecule has 0 fully saturated rings. The Hall–Kier alpha value is -2.49. The molecule has 0 atom stereocenters. The number of carbonyl (C=O) groups excluding carboxylic acids is 1. The smallest absolute Gasteiger partial charge is 0.338 e. The van der Waals surface area contributed by atoms with Crippen LogP contribution in [0.5, 0.6) is 0 Å². The third kappa shape index (κ3) is 2.27. The van der Waals surface area contributed by atoms with E-state index >= 15 is 0 Å². The Balaban J connectivity index is 2.41. The summed E-state index contributed by atoms with van der Waals surface area (Å²) in [5.41, 5.74) is 1.45. The minimum absolute atomic E-state index is 0.358. The Labute approximate surface area is 103 Å². The number of rotatable bonds is 3. The van der Waals surface area contributed by atoms with Crippen LogP contribution in [0.4, 0.5) is 4.39 Å². The Bertz CT molecular complexity index is 603. The highest BCUT2D eigenvalue weighted by Crippen LogP contribution is 2.22. The summed E-state index contributed by atoms with van der Waals surface area (Å²) in [5.74, 6) is -2.07. The summed E-state index contributed by atoms with van der Waals surface area (Å²) in [5, 5.41) is 8.72. The molecule has 0 heterocycles. The van der Waals surface area contributed by atoms with Gasteiger partial charge in [-0.1, -0.05) is 30.3 Å².